The predicted molar refractivity (Wildman–Crippen MR) is 62.5 cm³/mol. The smallest absolute Gasteiger partial charge is 0.257 e. The number of carbonyl (C=O) groups is 1. The van der Waals surface area contributed by atoms with Crippen LogP contribution in [0.5, 0.6) is 11.6 Å². The van der Waals surface area contributed by atoms with Crippen molar-refractivity contribution >= 4 is 5.91 Å². The molecule has 0 aromatic carbocycles. The number of pyridine rings is 1. The lowest BCUT2D eigenvalue weighted by atomic mass is 10.2. The second-order valence-electron chi connectivity index (χ2n) is 4.24. The molecule has 0 saturated heterocycles. The minimum atomic E-state index is -0.110. The molecule has 0 aliphatic heterocycles. The standard InChI is InChI=1S/C12H16N2O3/c1-14(2)12(15)9-6-11(16-3)13-7-10(9)17-8-4-5-8/h6-8H,4-5H2,1-3H3. The van der Waals surface area contributed by atoms with Gasteiger partial charge >= 0.3 is 0 Å². The van der Waals surface area contributed by atoms with Crippen LogP contribution in [-0.4, -0.2) is 43.1 Å². The molecule has 17 heavy (non-hydrogen) atoms. The van der Waals surface area contributed by atoms with Gasteiger partial charge in [0.05, 0.1) is 25.0 Å². The molecule has 0 unspecified atom stereocenters. The minimum Gasteiger partial charge on any atom is -0.488 e. The van der Waals surface area contributed by atoms with Crippen LogP contribution in [0, 0.1) is 0 Å². The van der Waals surface area contributed by atoms with Gasteiger partial charge in [0.25, 0.3) is 5.91 Å². The van der Waals surface area contributed by atoms with Crippen molar-refractivity contribution in [3.8, 4) is 11.6 Å². The Bertz CT molecular complexity index is 428. The molecule has 1 fully saturated rings. The second-order valence-corrected chi connectivity index (χ2v) is 4.24. The largest absolute Gasteiger partial charge is 0.488 e. The van der Waals surface area contributed by atoms with Crippen molar-refractivity contribution in [1.82, 2.24) is 9.88 Å². The Morgan fingerprint density at radius 2 is 2.18 bits per heavy atom. The molecule has 1 saturated carbocycles. The Labute approximate surface area is 100 Å². The highest BCUT2D eigenvalue weighted by molar-refractivity contribution is 5.96. The summed E-state index contributed by atoms with van der Waals surface area (Å²) in [5.74, 6) is 0.840. The molecule has 1 aromatic rings. The minimum absolute atomic E-state index is 0.110. The lowest BCUT2D eigenvalue weighted by Gasteiger charge is -2.15. The van der Waals surface area contributed by atoms with Gasteiger partial charge < -0.3 is 14.4 Å². The van der Waals surface area contributed by atoms with Crippen molar-refractivity contribution in [3.05, 3.63) is 17.8 Å². The number of hydrogen-bond acceptors (Lipinski definition) is 4. The van der Waals surface area contributed by atoms with Gasteiger partial charge in [-0.3, -0.25) is 4.79 Å². The van der Waals surface area contributed by atoms with Gasteiger partial charge in [0.15, 0.2) is 5.75 Å². The van der Waals surface area contributed by atoms with Gasteiger partial charge in [-0.25, -0.2) is 4.98 Å². The third kappa shape index (κ3) is 2.67. The van der Waals surface area contributed by atoms with Crippen molar-refractivity contribution in [2.75, 3.05) is 21.2 Å². The van der Waals surface area contributed by atoms with E-state index in [1.165, 1.54) is 12.0 Å². The van der Waals surface area contributed by atoms with Gasteiger partial charge in [-0.1, -0.05) is 0 Å². The fraction of sp³-hybridized carbons (Fsp3) is 0.500. The quantitative estimate of drug-likeness (QED) is 0.791. The molecule has 1 aromatic heterocycles. The van der Waals surface area contributed by atoms with Crippen LogP contribution >= 0.6 is 0 Å². The molecular weight excluding hydrogens is 220 g/mol. The maximum Gasteiger partial charge on any atom is 0.257 e. The van der Waals surface area contributed by atoms with E-state index >= 15 is 0 Å². The van der Waals surface area contributed by atoms with Crippen LogP contribution < -0.4 is 9.47 Å². The molecule has 5 nitrogen and oxygen atoms in total. The Hall–Kier alpha value is -1.78. The number of carbonyl (C=O) groups excluding carboxylic acids is 1. The molecule has 1 aliphatic carbocycles. The molecule has 2 rings (SSSR count). The molecule has 5 heteroatoms. The van der Waals surface area contributed by atoms with E-state index in [2.05, 4.69) is 4.98 Å². The molecule has 92 valence electrons. The fourth-order valence-corrected chi connectivity index (χ4v) is 1.40. The highest BCUT2D eigenvalue weighted by atomic mass is 16.5. The Balaban J connectivity index is 2.31. The van der Waals surface area contributed by atoms with E-state index in [9.17, 15) is 4.79 Å². The van der Waals surface area contributed by atoms with Crippen LogP contribution in [0.4, 0.5) is 0 Å². The summed E-state index contributed by atoms with van der Waals surface area (Å²) in [5, 5.41) is 0. The summed E-state index contributed by atoms with van der Waals surface area (Å²) >= 11 is 0. The molecule has 0 atom stereocenters. The van der Waals surface area contributed by atoms with Crippen LogP contribution in [0.1, 0.15) is 23.2 Å². The Morgan fingerprint density at radius 1 is 1.47 bits per heavy atom. The van der Waals surface area contributed by atoms with Crippen LogP contribution in [0.3, 0.4) is 0 Å². The molecule has 1 aliphatic rings. The van der Waals surface area contributed by atoms with E-state index in [1.807, 2.05) is 0 Å². The molecule has 1 heterocycles. The van der Waals surface area contributed by atoms with Crippen molar-refractivity contribution in [2.24, 2.45) is 0 Å². The number of rotatable bonds is 4. The van der Waals surface area contributed by atoms with E-state index in [0.717, 1.165) is 12.8 Å². The average molecular weight is 236 g/mol. The molecular formula is C12H16N2O3. The number of aromatic nitrogens is 1. The number of nitrogens with zero attached hydrogens (tertiary/aromatic N) is 2. The topological polar surface area (TPSA) is 51.7 Å². The number of ether oxygens (including phenoxy) is 2. The van der Waals surface area contributed by atoms with Gasteiger partial charge in [0.1, 0.15) is 0 Å². The van der Waals surface area contributed by atoms with Crippen molar-refractivity contribution in [3.63, 3.8) is 0 Å². The normalized spacial score (nSPS) is 14.3. The summed E-state index contributed by atoms with van der Waals surface area (Å²) in [6, 6.07) is 1.61. The molecule has 1 amide bonds. The number of hydrogen-bond donors (Lipinski definition) is 0. The van der Waals surface area contributed by atoms with E-state index in [-0.39, 0.29) is 12.0 Å². The third-order valence-electron chi connectivity index (χ3n) is 2.51. The number of amides is 1. The Kier molecular flexibility index (Phi) is 3.17. The second kappa shape index (κ2) is 4.61. The summed E-state index contributed by atoms with van der Waals surface area (Å²) in [6.07, 6.45) is 3.87. The summed E-state index contributed by atoms with van der Waals surface area (Å²) < 4.78 is 10.7. The maximum atomic E-state index is 12.0. The van der Waals surface area contributed by atoms with Gasteiger partial charge in [0, 0.05) is 20.2 Å². The van der Waals surface area contributed by atoms with E-state index < -0.39 is 0 Å². The van der Waals surface area contributed by atoms with Crippen LogP contribution in [0.15, 0.2) is 12.3 Å². The maximum absolute atomic E-state index is 12.0. The summed E-state index contributed by atoms with van der Waals surface area (Å²) in [7, 11) is 4.93. The van der Waals surface area contributed by atoms with Crippen molar-refractivity contribution in [2.45, 2.75) is 18.9 Å². The average Bonchev–Trinajstić information content (AvgIpc) is 3.12. The predicted octanol–water partition coefficient (Wildman–Crippen LogP) is 1.33. The van der Waals surface area contributed by atoms with E-state index in [0.29, 0.717) is 17.2 Å². The fourth-order valence-electron chi connectivity index (χ4n) is 1.40. The van der Waals surface area contributed by atoms with Crippen molar-refractivity contribution < 1.29 is 14.3 Å². The van der Waals surface area contributed by atoms with Crippen molar-refractivity contribution in [1.29, 1.82) is 0 Å². The zero-order valence-electron chi connectivity index (χ0n) is 10.3. The molecule has 0 N–H and O–H groups in total. The molecule has 0 spiro atoms. The summed E-state index contributed by atoms with van der Waals surface area (Å²) in [5.41, 5.74) is 0.494. The van der Waals surface area contributed by atoms with Crippen LogP contribution in [-0.2, 0) is 0 Å². The first-order valence-electron chi connectivity index (χ1n) is 5.54. The first-order chi connectivity index (χ1) is 8.11. The zero-order valence-corrected chi connectivity index (χ0v) is 10.3. The van der Waals surface area contributed by atoms with Crippen LogP contribution in [0.25, 0.3) is 0 Å². The lowest BCUT2D eigenvalue weighted by Crippen LogP contribution is -2.22. The highest BCUT2D eigenvalue weighted by Crippen LogP contribution is 2.30. The van der Waals surface area contributed by atoms with Crippen LogP contribution in [0.2, 0.25) is 0 Å². The summed E-state index contributed by atoms with van der Waals surface area (Å²) in [6.45, 7) is 0. The highest BCUT2D eigenvalue weighted by Gasteiger charge is 2.26. The summed E-state index contributed by atoms with van der Waals surface area (Å²) in [4.78, 5) is 17.6. The van der Waals surface area contributed by atoms with Gasteiger partial charge in [0.2, 0.25) is 5.88 Å². The zero-order chi connectivity index (χ0) is 12.4. The van der Waals surface area contributed by atoms with Gasteiger partial charge in [-0.05, 0) is 12.8 Å². The lowest BCUT2D eigenvalue weighted by molar-refractivity contribution is 0.0822. The molecule has 0 bridgehead atoms. The molecule has 0 radical (unpaired) electrons. The number of methoxy groups -OCH3 is 1. The van der Waals surface area contributed by atoms with Gasteiger partial charge in [-0.2, -0.15) is 0 Å². The monoisotopic (exact) mass is 236 g/mol. The third-order valence-corrected chi connectivity index (χ3v) is 2.51. The van der Waals surface area contributed by atoms with Gasteiger partial charge in [-0.15, -0.1) is 0 Å². The van der Waals surface area contributed by atoms with E-state index in [1.54, 1.807) is 26.4 Å². The Morgan fingerprint density at radius 3 is 2.71 bits per heavy atom. The SMILES string of the molecule is COc1cc(C(=O)N(C)C)c(OC2CC2)cn1. The van der Waals surface area contributed by atoms with E-state index in [4.69, 9.17) is 9.47 Å². The first kappa shape index (κ1) is 11.7. The first-order valence-corrected chi connectivity index (χ1v) is 5.54.